The van der Waals surface area contributed by atoms with Gasteiger partial charge in [0.15, 0.2) is 5.58 Å². The number of carbonyl (C=O) groups is 1. The summed E-state index contributed by atoms with van der Waals surface area (Å²) in [5.74, 6) is -0.382. The molecule has 0 fully saturated rings. The predicted octanol–water partition coefficient (Wildman–Crippen LogP) is 2.69. The molecule has 22 heavy (non-hydrogen) atoms. The first-order valence-corrected chi connectivity index (χ1v) is 6.78. The number of methoxy groups -OCH3 is 2. The quantitative estimate of drug-likeness (QED) is 0.687. The van der Waals surface area contributed by atoms with Crippen LogP contribution in [0.2, 0.25) is 0 Å². The molecule has 3 rings (SSSR count). The average molecular weight is 301 g/mol. The molecule has 2 aromatic heterocycles. The van der Waals surface area contributed by atoms with Crippen molar-refractivity contribution in [2.75, 3.05) is 14.2 Å². The lowest BCUT2D eigenvalue weighted by molar-refractivity contribution is 0.0601. The summed E-state index contributed by atoms with van der Waals surface area (Å²) < 4.78 is 15.3. The number of esters is 1. The fourth-order valence-corrected chi connectivity index (χ4v) is 2.37. The summed E-state index contributed by atoms with van der Waals surface area (Å²) in [5.41, 5.74) is 2.04. The lowest BCUT2D eigenvalue weighted by Gasteiger charge is -2.06. The first-order chi connectivity index (χ1) is 10.6. The third kappa shape index (κ3) is 2.05. The summed E-state index contributed by atoms with van der Waals surface area (Å²) >= 11 is 0. The van der Waals surface area contributed by atoms with Crippen molar-refractivity contribution in [1.82, 2.24) is 15.1 Å². The van der Waals surface area contributed by atoms with Gasteiger partial charge in [0, 0.05) is 11.6 Å². The van der Waals surface area contributed by atoms with Crippen LogP contribution < -0.4 is 4.74 Å². The molecule has 0 atom stereocenters. The van der Waals surface area contributed by atoms with E-state index in [-0.39, 0.29) is 11.9 Å². The Morgan fingerprint density at radius 3 is 2.73 bits per heavy atom. The topological polar surface area (TPSA) is 87.3 Å². The van der Waals surface area contributed by atoms with Gasteiger partial charge in [-0.3, -0.25) is 0 Å². The lowest BCUT2D eigenvalue weighted by atomic mass is 10.0. The van der Waals surface area contributed by atoms with Crippen LogP contribution in [0.4, 0.5) is 0 Å². The normalized spacial score (nSPS) is 11.3. The zero-order valence-electron chi connectivity index (χ0n) is 12.7. The van der Waals surface area contributed by atoms with Crippen LogP contribution >= 0.6 is 0 Å². The van der Waals surface area contributed by atoms with Gasteiger partial charge in [0.2, 0.25) is 0 Å². The highest BCUT2D eigenvalue weighted by molar-refractivity contribution is 6.13. The van der Waals surface area contributed by atoms with Crippen molar-refractivity contribution < 1.29 is 18.8 Å². The van der Waals surface area contributed by atoms with Gasteiger partial charge >= 0.3 is 12.0 Å². The van der Waals surface area contributed by atoms with E-state index in [2.05, 4.69) is 15.1 Å². The maximum absolute atomic E-state index is 12.0. The van der Waals surface area contributed by atoms with Crippen LogP contribution in [0.3, 0.4) is 0 Å². The molecular weight excluding hydrogens is 286 g/mol. The molecule has 0 unspecified atom stereocenters. The second kappa shape index (κ2) is 5.25. The third-order valence-electron chi connectivity index (χ3n) is 3.43. The number of aromatic nitrogens is 3. The van der Waals surface area contributed by atoms with Crippen molar-refractivity contribution in [3.8, 4) is 6.01 Å². The minimum absolute atomic E-state index is 0.110. The van der Waals surface area contributed by atoms with E-state index >= 15 is 0 Å². The molecular formula is C15H15N3O4. The molecule has 0 spiro atoms. The third-order valence-corrected chi connectivity index (χ3v) is 3.43. The molecule has 0 bridgehead atoms. The highest BCUT2D eigenvalue weighted by atomic mass is 16.5. The first-order valence-electron chi connectivity index (χ1n) is 6.78. The van der Waals surface area contributed by atoms with Crippen molar-refractivity contribution in [3.05, 3.63) is 23.5 Å². The van der Waals surface area contributed by atoms with Gasteiger partial charge in [0.1, 0.15) is 5.56 Å². The molecule has 0 aliphatic carbocycles. The van der Waals surface area contributed by atoms with E-state index in [4.69, 9.17) is 14.0 Å². The summed E-state index contributed by atoms with van der Waals surface area (Å²) in [6, 6.07) is 1.88. The largest absolute Gasteiger partial charge is 0.467 e. The Morgan fingerprint density at radius 1 is 1.32 bits per heavy atom. The van der Waals surface area contributed by atoms with E-state index in [9.17, 15) is 4.79 Å². The van der Waals surface area contributed by atoms with Gasteiger partial charge in [-0.1, -0.05) is 19.0 Å². The van der Waals surface area contributed by atoms with Gasteiger partial charge < -0.3 is 14.0 Å². The van der Waals surface area contributed by atoms with Gasteiger partial charge in [-0.05, 0) is 12.0 Å². The van der Waals surface area contributed by atoms with Crippen molar-refractivity contribution in [3.63, 3.8) is 0 Å². The van der Waals surface area contributed by atoms with Crippen molar-refractivity contribution >= 4 is 27.8 Å². The van der Waals surface area contributed by atoms with Gasteiger partial charge in [0.05, 0.1) is 30.8 Å². The predicted molar refractivity (Wildman–Crippen MR) is 79.1 cm³/mol. The highest BCUT2D eigenvalue weighted by Gasteiger charge is 2.23. The van der Waals surface area contributed by atoms with Crippen LogP contribution in [-0.4, -0.2) is 35.3 Å². The maximum Gasteiger partial charge on any atom is 0.341 e. The van der Waals surface area contributed by atoms with E-state index in [0.717, 1.165) is 5.69 Å². The van der Waals surface area contributed by atoms with E-state index in [0.29, 0.717) is 27.4 Å². The van der Waals surface area contributed by atoms with Crippen LogP contribution in [0, 0.1) is 0 Å². The summed E-state index contributed by atoms with van der Waals surface area (Å²) in [6.45, 7) is 3.98. The summed E-state index contributed by atoms with van der Waals surface area (Å²) in [7, 11) is 2.82. The van der Waals surface area contributed by atoms with Crippen LogP contribution in [0.1, 0.15) is 35.8 Å². The summed E-state index contributed by atoms with van der Waals surface area (Å²) in [6.07, 6.45) is 1.60. The Morgan fingerprint density at radius 2 is 2.09 bits per heavy atom. The summed E-state index contributed by atoms with van der Waals surface area (Å²) in [4.78, 5) is 20.5. The standard InChI is InChI=1S/C15H15N3O4/c1-7(2)11-10-12-8(6-16-15(17-12)21-4)5-9(14(19)20-3)13(10)22-18-11/h5-7H,1-4H3. The Labute approximate surface area is 126 Å². The van der Waals surface area contributed by atoms with Gasteiger partial charge in [-0.15, -0.1) is 0 Å². The molecule has 2 heterocycles. The average Bonchev–Trinajstić information content (AvgIpc) is 2.98. The number of nitrogens with zero attached hydrogens (tertiary/aromatic N) is 3. The van der Waals surface area contributed by atoms with Gasteiger partial charge in [-0.2, -0.15) is 4.98 Å². The van der Waals surface area contributed by atoms with Gasteiger partial charge in [-0.25, -0.2) is 9.78 Å². The van der Waals surface area contributed by atoms with E-state index in [1.165, 1.54) is 14.2 Å². The monoisotopic (exact) mass is 301 g/mol. The van der Waals surface area contributed by atoms with Crippen LogP contribution in [0.25, 0.3) is 21.9 Å². The molecule has 7 nitrogen and oxygen atoms in total. The van der Waals surface area contributed by atoms with Crippen molar-refractivity contribution in [2.24, 2.45) is 0 Å². The number of benzene rings is 1. The molecule has 0 radical (unpaired) electrons. The highest BCUT2D eigenvalue weighted by Crippen LogP contribution is 2.34. The minimum atomic E-state index is -0.492. The van der Waals surface area contributed by atoms with Gasteiger partial charge in [0.25, 0.3) is 0 Å². The smallest absolute Gasteiger partial charge is 0.341 e. The number of hydrogen-bond acceptors (Lipinski definition) is 7. The number of carbonyl (C=O) groups excluding carboxylic acids is 1. The Kier molecular flexibility index (Phi) is 3.40. The lowest BCUT2D eigenvalue weighted by Crippen LogP contribution is -2.03. The summed E-state index contributed by atoms with van der Waals surface area (Å²) in [5, 5.41) is 5.48. The molecule has 0 aliphatic rings. The molecule has 0 N–H and O–H groups in total. The Hall–Kier alpha value is -2.70. The molecule has 114 valence electrons. The first kappa shape index (κ1) is 14.2. The molecule has 7 heteroatoms. The fraction of sp³-hybridized carbons (Fsp3) is 0.333. The second-order valence-corrected chi connectivity index (χ2v) is 5.14. The van der Waals surface area contributed by atoms with Crippen molar-refractivity contribution in [1.29, 1.82) is 0 Å². The number of rotatable bonds is 3. The molecule has 0 saturated heterocycles. The van der Waals surface area contributed by atoms with E-state index in [1.54, 1.807) is 12.3 Å². The van der Waals surface area contributed by atoms with Crippen LogP contribution in [-0.2, 0) is 4.74 Å². The van der Waals surface area contributed by atoms with Crippen LogP contribution in [0.5, 0.6) is 6.01 Å². The zero-order valence-corrected chi connectivity index (χ0v) is 12.7. The van der Waals surface area contributed by atoms with E-state index < -0.39 is 5.97 Å². The van der Waals surface area contributed by atoms with Crippen LogP contribution in [0.15, 0.2) is 16.8 Å². The van der Waals surface area contributed by atoms with Crippen molar-refractivity contribution in [2.45, 2.75) is 19.8 Å². The molecule has 0 aliphatic heterocycles. The Bertz CT molecular complexity index is 870. The second-order valence-electron chi connectivity index (χ2n) is 5.14. The Balaban J connectivity index is 2.47. The fourth-order valence-electron chi connectivity index (χ4n) is 2.37. The van der Waals surface area contributed by atoms with E-state index in [1.807, 2.05) is 13.8 Å². The number of hydrogen-bond donors (Lipinski definition) is 0. The maximum atomic E-state index is 12.0. The molecule has 0 amide bonds. The number of ether oxygens (including phenoxy) is 2. The molecule has 0 saturated carbocycles. The number of fused-ring (bicyclic) bond motifs is 3. The molecule has 3 aromatic rings. The minimum Gasteiger partial charge on any atom is -0.467 e. The molecule has 1 aromatic carbocycles. The SMILES string of the molecule is COC(=O)c1cc2cnc(OC)nc2c2c(C(C)C)noc12. The zero-order chi connectivity index (χ0) is 15.9.